The van der Waals surface area contributed by atoms with Gasteiger partial charge in [-0.1, -0.05) is 26.7 Å². The summed E-state index contributed by atoms with van der Waals surface area (Å²) in [7, 11) is 0. The Kier molecular flexibility index (Phi) is 8.27. The predicted octanol–water partition coefficient (Wildman–Crippen LogP) is 2.96. The number of carbonyl (C=O) groups is 1. The Balaban J connectivity index is 2.63. The van der Waals surface area contributed by atoms with Gasteiger partial charge in [0, 0.05) is 12.6 Å². The van der Waals surface area contributed by atoms with E-state index in [1.165, 1.54) is 38.6 Å². The lowest BCUT2D eigenvalue weighted by Gasteiger charge is -2.34. The second-order valence-electron chi connectivity index (χ2n) is 6.28. The zero-order valence-electron chi connectivity index (χ0n) is 14.4. The average molecular weight is 298 g/mol. The SMILES string of the molecule is CCNC(C)(CCN1CCCCCC1CC)C(=O)OCC. The topological polar surface area (TPSA) is 41.6 Å². The van der Waals surface area contributed by atoms with Gasteiger partial charge < -0.3 is 15.0 Å². The Labute approximate surface area is 130 Å². The van der Waals surface area contributed by atoms with Crippen molar-refractivity contribution in [3.63, 3.8) is 0 Å². The third-order valence-corrected chi connectivity index (χ3v) is 4.66. The summed E-state index contributed by atoms with van der Waals surface area (Å²) in [6.45, 7) is 11.5. The molecule has 0 amide bonds. The number of nitrogens with zero attached hydrogens (tertiary/aromatic N) is 1. The number of likely N-dealkylation sites (N-methyl/N-ethyl adjacent to an activating group) is 1. The molecule has 1 saturated heterocycles. The van der Waals surface area contributed by atoms with E-state index in [2.05, 4.69) is 17.1 Å². The molecule has 2 atom stereocenters. The minimum Gasteiger partial charge on any atom is -0.465 e. The van der Waals surface area contributed by atoms with E-state index < -0.39 is 5.54 Å². The number of hydrogen-bond acceptors (Lipinski definition) is 4. The maximum Gasteiger partial charge on any atom is 0.326 e. The lowest BCUT2D eigenvalue weighted by atomic mass is 9.96. The number of esters is 1. The molecule has 21 heavy (non-hydrogen) atoms. The van der Waals surface area contributed by atoms with Crippen LogP contribution in [0, 0.1) is 0 Å². The first-order valence-corrected chi connectivity index (χ1v) is 8.73. The molecule has 2 unspecified atom stereocenters. The van der Waals surface area contributed by atoms with E-state index in [1.54, 1.807) is 0 Å². The van der Waals surface area contributed by atoms with E-state index in [0.29, 0.717) is 12.6 Å². The molecule has 1 rings (SSSR count). The number of hydrogen-bond donors (Lipinski definition) is 1. The fraction of sp³-hybridized carbons (Fsp3) is 0.941. The second kappa shape index (κ2) is 9.42. The van der Waals surface area contributed by atoms with Crippen LogP contribution in [0.3, 0.4) is 0 Å². The highest BCUT2D eigenvalue weighted by Crippen LogP contribution is 2.21. The Morgan fingerprint density at radius 2 is 2.05 bits per heavy atom. The molecule has 0 spiro atoms. The molecule has 0 aromatic carbocycles. The molecule has 0 radical (unpaired) electrons. The fourth-order valence-corrected chi connectivity index (χ4v) is 3.30. The summed E-state index contributed by atoms with van der Waals surface area (Å²) in [6.07, 6.45) is 7.29. The molecule has 1 fully saturated rings. The number of rotatable bonds is 8. The number of nitrogens with one attached hydrogen (secondary N) is 1. The lowest BCUT2D eigenvalue weighted by molar-refractivity contribution is -0.151. The maximum atomic E-state index is 12.2. The highest BCUT2D eigenvalue weighted by Gasteiger charge is 2.34. The van der Waals surface area contributed by atoms with Crippen LogP contribution in [0.25, 0.3) is 0 Å². The van der Waals surface area contributed by atoms with Gasteiger partial charge >= 0.3 is 5.97 Å². The molecule has 0 aliphatic carbocycles. The van der Waals surface area contributed by atoms with Crippen molar-refractivity contribution in [3.8, 4) is 0 Å². The van der Waals surface area contributed by atoms with Crippen LogP contribution in [0.15, 0.2) is 0 Å². The molecule has 0 aromatic heterocycles. The molecule has 1 N–H and O–H groups in total. The van der Waals surface area contributed by atoms with Crippen molar-refractivity contribution < 1.29 is 9.53 Å². The first-order valence-electron chi connectivity index (χ1n) is 8.73. The first-order chi connectivity index (χ1) is 10.1. The first kappa shape index (κ1) is 18.4. The van der Waals surface area contributed by atoms with E-state index in [0.717, 1.165) is 19.5 Å². The van der Waals surface area contributed by atoms with Crippen molar-refractivity contribution in [1.82, 2.24) is 10.2 Å². The summed E-state index contributed by atoms with van der Waals surface area (Å²) in [5.41, 5.74) is -0.560. The van der Waals surface area contributed by atoms with Crippen molar-refractivity contribution in [2.45, 2.75) is 77.8 Å². The normalized spacial score (nSPS) is 23.3. The molecule has 0 bridgehead atoms. The third kappa shape index (κ3) is 5.59. The molecule has 0 aromatic rings. The Hall–Kier alpha value is -0.610. The Morgan fingerprint density at radius 3 is 2.67 bits per heavy atom. The standard InChI is InChI=1S/C17H34N2O2/c1-5-15-11-9-8-10-13-19(15)14-12-17(4,18-6-2)16(20)21-7-3/h15,18H,5-14H2,1-4H3. The highest BCUT2D eigenvalue weighted by atomic mass is 16.5. The molecule has 1 aliphatic heterocycles. The zero-order chi connectivity index (χ0) is 15.7. The molecule has 4 heteroatoms. The third-order valence-electron chi connectivity index (χ3n) is 4.66. The maximum absolute atomic E-state index is 12.2. The molecule has 4 nitrogen and oxygen atoms in total. The zero-order valence-corrected chi connectivity index (χ0v) is 14.4. The summed E-state index contributed by atoms with van der Waals surface area (Å²) >= 11 is 0. The van der Waals surface area contributed by atoms with Crippen molar-refractivity contribution in [2.75, 3.05) is 26.2 Å². The largest absolute Gasteiger partial charge is 0.465 e. The monoisotopic (exact) mass is 298 g/mol. The predicted molar refractivity (Wildman–Crippen MR) is 87.5 cm³/mol. The highest BCUT2D eigenvalue weighted by molar-refractivity contribution is 5.80. The summed E-state index contributed by atoms with van der Waals surface area (Å²) < 4.78 is 5.26. The van der Waals surface area contributed by atoms with E-state index in [4.69, 9.17) is 4.74 Å². The fourth-order valence-electron chi connectivity index (χ4n) is 3.30. The average Bonchev–Trinajstić information content (AvgIpc) is 2.70. The molecular weight excluding hydrogens is 264 g/mol. The smallest absolute Gasteiger partial charge is 0.326 e. The van der Waals surface area contributed by atoms with Crippen LogP contribution in [0.4, 0.5) is 0 Å². The number of likely N-dealkylation sites (tertiary alicyclic amines) is 1. The quantitative estimate of drug-likeness (QED) is 0.700. The van der Waals surface area contributed by atoms with Gasteiger partial charge in [-0.25, -0.2) is 0 Å². The van der Waals surface area contributed by atoms with Gasteiger partial charge in [0.05, 0.1) is 6.61 Å². The minimum absolute atomic E-state index is 0.116. The van der Waals surface area contributed by atoms with E-state index >= 15 is 0 Å². The summed E-state index contributed by atoms with van der Waals surface area (Å²) in [5.74, 6) is -0.116. The van der Waals surface area contributed by atoms with Gasteiger partial charge in [-0.3, -0.25) is 4.79 Å². The van der Waals surface area contributed by atoms with Crippen LogP contribution in [0.5, 0.6) is 0 Å². The Bertz CT molecular complexity index is 309. The minimum atomic E-state index is -0.560. The molecule has 0 saturated carbocycles. The van der Waals surface area contributed by atoms with Gasteiger partial charge in [-0.05, 0) is 52.6 Å². The molecular formula is C17H34N2O2. The van der Waals surface area contributed by atoms with Crippen LogP contribution >= 0.6 is 0 Å². The van der Waals surface area contributed by atoms with Crippen LogP contribution in [0.2, 0.25) is 0 Å². The van der Waals surface area contributed by atoms with Crippen molar-refractivity contribution in [1.29, 1.82) is 0 Å². The summed E-state index contributed by atoms with van der Waals surface area (Å²) in [4.78, 5) is 14.8. The van der Waals surface area contributed by atoms with Gasteiger partial charge in [0.2, 0.25) is 0 Å². The molecule has 124 valence electrons. The number of ether oxygens (including phenoxy) is 1. The van der Waals surface area contributed by atoms with Gasteiger partial charge in [0.15, 0.2) is 0 Å². The van der Waals surface area contributed by atoms with Gasteiger partial charge in [0.1, 0.15) is 5.54 Å². The number of carbonyl (C=O) groups excluding carboxylic acids is 1. The van der Waals surface area contributed by atoms with Crippen LogP contribution in [-0.2, 0) is 9.53 Å². The van der Waals surface area contributed by atoms with Crippen LogP contribution < -0.4 is 5.32 Å². The van der Waals surface area contributed by atoms with E-state index in [9.17, 15) is 4.79 Å². The summed E-state index contributed by atoms with van der Waals surface area (Å²) in [5, 5.41) is 3.33. The van der Waals surface area contributed by atoms with Gasteiger partial charge in [-0.15, -0.1) is 0 Å². The summed E-state index contributed by atoms with van der Waals surface area (Å²) in [6, 6.07) is 0.681. The molecule has 1 heterocycles. The van der Waals surface area contributed by atoms with Crippen LogP contribution in [0.1, 0.15) is 66.2 Å². The van der Waals surface area contributed by atoms with Gasteiger partial charge in [-0.2, -0.15) is 0 Å². The van der Waals surface area contributed by atoms with Crippen molar-refractivity contribution in [2.24, 2.45) is 0 Å². The van der Waals surface area contributed by atoms with Gasteiger partial charge in [0.25, 0.3) is 0 Å². The van der Waals surface area contributed by atoms with E-state index in [-0.39, 0.29) is 5.97 Å². The van der Waals surface area contributed by atoms with Crippen molar-refractivity contribution >= 4 is 5.97 Å². The molecule has 1 aliphatic rings. The second-order valence-corrected chi connectivity index (χ2v) is 6.28. The Morgan fingerprint density at radius 1 is 1.29 bits per heavy atom. The lowest BCUT2D eigenvalue weighted by Crippen LogP contribution is -2.52. The van der Waals surface area contributed by atoms with E-state index in [1.807, 2.05) is 20.8 Å². The van der Waals surface area contributed by atoms with Crippen molar-refractivity contribution in [3.05, 3.63) is 0 Å². The van der Waals surface area contributed by atoms with Crippen LogP contribution in [-0.4, -0.2) is 48.7 Å².